The number of carboxylic acid groups (broad SMARTS) is 1. The summed E-state index contributed by atoms with van der Waals surface area (Å²) in [5.74, 6) is -0.879. The molecular weight excluding hydrogens is 246 g/mol. The number of fused-ring (bicyclic) bond motifs is 1. The Bertz CT molecular complexity index is 739. The smallest absolute Gasteiger partial charge is 0.337 e. The van der Waals surface area contributed by atoms with Crippen LogP contribution < -0.4 is 0 Å². The van der Waals surface area contributed by atoms with Crippen LogP contribution in [0, 0.1) is 6.92 Å². The molecule has 90 valence electrons. The number of rotatable bonds is 2. The summed E-state index contributed by atoms with van der Waals surface area (Å²) in [7, 11) is 0. The average Bonchev–Trinajstić information content (AvgIpc) is 2.91. The summed E-state index contributed by atoms with van der Waals surface area (Å²) < 4.78 is 0. The number of para-hydroxylation sites is 1. The van der Waals surface area contributed by atoms with Crippen molar-refractivity contribution in [3.8, 4) is 11.1 Å². The van der Waals surface area contributed by atoms with Crippen LogP contribution in [0.15, 0.2) is 35.0 Å². The standard InChI is InChI=1S/C14H11NO2S/c1-8-13(9-4-2-3-5-12(9)15-8)10-6-18-7-11(10)14(16)17/h2-7,15H,1H3,(H,16,17). The normalized spacial score (nSPS) is 10.9. The van der Waals surface area contributed by atoms with Gasteiger partial charge < -0.3 is 10.1 Å². The number of aromatic carboxylic acids is 1. The molecule has 1 aromatic carbocycles. The van der Waals surface area contributed by atoms with Gasteiger partial charge in [-0.2, -0.15) is 11.3 Å². The van der Waals surface area contributed by atoms with Gasteiger partial charge >= 0.3 is 5.97 Å². The largest absolute Gasteiger partial charge is 0.478 e. The van der Waals surface area contributed by atoms with Crippen molar-refractivity contribution in [3.05, 3.63) is 46.3 Å². The third-order valence-electron chi connectivity index (χ3n) is 3.06. The zero-order valence-electron chi connectivity index (χ0n) is 9.73. The summed E-state index contributed by atoms with van der Waals surface area (Å²) in [5.41, 5.74) is 4.18. The van der Waals surface area contributed by atoms with Crippen LogP contribution in [-0.2, 0) is 0 Å². The molecule has 4 heteroatoms. The van der Waals surface area contributed by atoms with Gasteiger partial charge in [0, 0.05) is 33.1 Å². The van der Waals surface area contributed by atoms with E-state index in [1.54, 1.807) is 5.38 Å². The Morgan fingerprint density at radius 3 is 2.83 bits per heavy atom. The van der Waals surface area contributed by atoms with Crippen LogP contribution in [0.3, 0.4) is 0 Å². The van der Waals surface area contributed by atoms with Crippen LogP contribution in [0.2, 0.25) is 0 Å². The first-order chi connectivity index (χ1) is 8.68. The predicted octanol–water partition coefficient (Wildman–Crippen LogP) is 3.90. The van der Waals surface area contributed by atoms with Crippen LogP contribution in [0.25, 0.3) is 22.0 Å². The van der Waals surface area contributed by atoms with Gasteiger partial charge in [0.25, 0.3) is 0 Å². The Morgan fingerprint density at radius 2 is 2.06 bits per heavy atom. The molecule has 3 rings (SSSR count). The minimum Gasteiger partial charge on any atom is -0.478 e. The minimum atomic E-state index is -0.879. The Hall–Kier alpha value is -2.07. The van der Waals surface area contributed by atoms with Crippen LogP contribution in [0.5, 0.6) is 0 Å². The summed E-state index contributed by atoms with van der Waals surface area (Å²) in [4.78, 5) is 14.5. The van der Waals surface area contributed by atoms with Crippen LogP contribution in [0.4, 0.5) is 0 Å². The van der Waals surface area contributed by atoms with E-state index in [-0.39, 0.29) is 0 Å². The molecule has 0 spiro atoms. The highest BCUT2D eigenvalue weighted by Gasteiger charge is 2.17. The van der Waals surface area contributed by atoms with Gasteiger partial charge in [0.2, 0.25) is 0 Å². The minimum absolute atomic E-state index is 0.368. The fraction of sp³-hybridized carbons (Fsp3) is 0.0714. The number of benzene rings is 1. The molecule has 2 aromatic heterocycles. The van der Waals surface area contributed by atoms with Crippen molar-refractivity contribution in [1.29, 1.82) is 0 Å². The highest BCUT2D eigenvalue weighted by molar-refractivity contribution is 7.08. The van der Waals surface area contributed by atoms with Crippen molar-refractivity contribution >= 4 is 28.2 Å². The Labute approximate surface area is 108 Å². The quantitative estimate of drug-likeness (QED) is 0.731. The van der Waals surface area contributed by atoms with Gasteiger partial charge in [-0.25, -0.2) is 4.79 Å². The van der Waals surface area contributed by atoms with E-state index >= 15 is 0 Å². The summed E-state index contributed by atoms with van der Waals surface area (Å²) in [6.07, 6.45) is 0. The predicted molar refractivity (Wildman–Crippen MR) is 73.3 cm³/mol. The number of carbonyl (C=O) groups is 1. The highest BCUT2D eigenvalue weighted by Crippen LogP contribution is 2.35. The van der Waals surface area contributed by atoms with Crippen molar-refractivity contribution in [1.82, 2.24) is 4.98 Å². The average molecular weight is 257 g/mol. The summed E-state index contributed by atoms with van der Waals surface area (Å²) in [5, 5.41) is 13.9. The lowest BCUT2D eigenvalue weighted by Gasteiger charge is -2.01. The van der Waals surface area contributed by atoms with E-state index in [1.165, 1.54) is 11.3 Å². The number of H-pyrrole nitrogens is 1. The van der Waals surface area contributed by atoms with Crippen molar-refractivity contribution in [2.45, 2.75) is 6.92 Å². The lowest BCUT2D eigenvalue weighted by Crippen LogP contribution is -1.96. The van der Waals surface area contributed by atoms with Gasteiger partial charge in [-0.15, -0.1) is 0 Å². The van der Waals surface area contributed by atoms with Crippen molar-refractivity contribution < 1.29 is 9.90 Å². The maximum Gasteiger partial charge on any atom is 0.337 e. The van der Waals surface area contributed by atoms with Crippen LogP contribution >= 0.6 is 11.3 Å². The van der Waals surface area contributed by atoms with Gasteiger partial charge in [0.05, 0.1) is 5.56 Å². The van der Waals surface area contributed by atoms with Crippen molar-refractivity contribution in [3.63, 3.8) is 0 Å². The summed E-state index contributed by atoms with van der Waals surface area (Å²) >= 11 is 1.42. The molecule has 0 atom stereocenters. The van der Waals surface area contributed by atoms with Crippen LogP contribution in [0.1, 0.15) is 16.1 Å². The monoisotopic (exact) mass is 257 g/mol. The van der Waals surface area contributed by atoms with Gasteiger partial charge in [-0.3, -0.25) is 0 Å². The van der Waals surface area contributed by atoms with Gasteiger partial charge in [0.15, 0.2) is 0 Å². The second-order valence-corrected chi connectivity index (χ2v) is 4.92. The number of carboxylic acids is 1. The molecule has 0 bridgehead atoms. The SMILES string of the molecule is Cc1[nH]c2ccccc2c1-c1cscc1C(=O)O. The Kier molecular flexibility index (Phi) is 2.45. The van der Waals surface area contributed by atoms with Gasteiger partial charge in [-0.1, -0.05) is 18.2 Å². The van der Waals surface area contributed by atoms with E-state index in [4.69, 9.17) is 0 Å². The van der Waals surface area contributed by atoms with E-state index in [9.17, 15) is 9.90 Å². The molecule has 0 amide bonds. The molecule has 0 saturated carbocycles. The van der Waals surface area contributed by atoms with Crippen LogP contribution in [-0.4, -0.2) is 16.1 Å². The first-order valence-electron chi connectivity index (χ1n) is 5.55. The molecule has 3 nitrogen and oxygen atoms in total. The molecule has 0 saturated heterocycles. The highest BCUT2D eigenvalue weighted by atomic mass is 32.1. The molecule has 0 radical (unpaired) electrons. The second-order valence-electron chi connectivity index (χ2n) is 4.17. The molecule has 0 aliphatic carbocycles. The maximum atomic E-state index is 11.2. The summed E-state index contributed by atoms with van der Waals surface area (Å²) in [6.45, 7) is 1.97. The molecule has 0 fully saturated rings. The van der Waals surface area contributed by atoms with Gasteiger partial charge in [0.1, 0.15) is 0 Å². The maximum absolute atomic E-state index is 11.2. The molecule has 18 heavy (non-hydrogen) atoms. The Morgan fingerprint density at radius 1 is 1.28 bits per heavy atom. The second kappa shape index (κ2) is 3.99. The molecule has 0 aliphatic heterocycles. The number of aryl methyl sites for hydroxylation is 1. The number of aromatic nitrogens is 1. The zero-order valence-corrected chi connectivity index (χ0v) is 10.5. The van der Waals surface area contributed by atoms with Gasteiger partial charge in [-0.05, 0) is 18.4 Å². The lowest BCUT2D eigenvalue weighted by atomic mass is 10.0. The molecule has 2 heterocycles. The van der Waals surface area contributed by atoms with E-state index in [0.29, 0.717) is 5.56 Å². The van der Waals surface area contributed by atoms with E-state index in [1.807, 2.05) is 36.6 Å². The van der Waals surface area contributed by atoms with E-state index in [2.05, 4.69) is 4.98 Å². The third-order valence-corrected chi connectivity index (χ3v) is 3.80. The first-order valence-corrected chi connectivity index (χ1v) is 6.50. The van der Waals surface area contributed by atoms with E-state index < -0.39 is 5.97 Å². The molecule has 2 N–H and O–H groups in total. The number of hydrogen-bond donors (Lipinski definition) is 2. The molecule has 0 aliphatic rings. The van der Waals surface area contributed by atoms with Crippen molar-refractivity contribution in [2.75, 3.05) is 0 Å². The lowest BCUT2D eigenvalue weighted by molar-refractivity contribution is 0.0698. The first kappa shape index (κ1) is 11.0. The zero-order chi connectivity index (χ0) is 12.7. The fourth-order valence-electron chi connectivity index (χ4n) is 2.28. The Balaban J connectivity index is 2.34. The third kappa shape index (κ3) is 1.54. The van der Waals surface area contributed by atoms with Crippen molar-refractivity contribution in [2.24, 2.45) is 0 Å². The van der Waals surface area contributed by atoms with E-state index in [0.717, 1.165) is 27.7 Å². The summed E-state index contributed by atoms with van der Waals surface area (Å²) in [6, 6.07) is 7.94. The number of thiophene rings is 1. The molecule has 0 unspecified atom stereocenters. The number of nitrogens with one attached hydrogen (secondary N) is 1. The molecular formula is C14H11NO2S. The number of aromatic amines is 1. The molecule has 3 aromatic rings. The number of hydrogen-bond acceptors (Lipinski definition) is 2. The fourth-order valence-corrected chi connectivity index (χ4v) is 3.09. The topological polar surface area (TPSA) is 53.1 Å².